The summed E-state index contributed by atoms with van der Waals surface area (Å²) < 4.78 is 0. The first-order valence-electron chi connectivity index (χ1n) is 3.58. The molecule has 2 nitrogen and oxygen atoms in total. The number of nitrogens with zero attached hydrogens (tertiary/aromatic N) is 1. The first kappa shape index (κ1) is 5.86. The summed E-state index contributed by atoms with van der Waals surface area (Å²) in [6.45, 7) is 1.76. The minimum absolute atomic E-state index is 0.775. The molecule has 1 heterocycles. The van der Waals surface area contributed by atoms with Crippen LogP contribution in [0.1, 0.15) is 6.42 Å². The molecule has 0 aromatic carbocycles. The number of hydrogen-bond acceptors (Lipinski definition) is 2. The minimum atomic E-state index is 0.775. The quantitative estimate of drug-likeness (QED) is 0.522. The molecule has 0 unspecified atom stereocenters. The molecule has 52 valence electrons. The number of allylic oxidation sites excluding steroid dienone is 3. The van der Waals surface area contributed by atoms with Gasteiger partial charge in [-0.3, -0.25) is 10.3 Å². The Morgan fingerprint density at radius 3 is 3.40 bits per heavy atom. The van der Waals surface area contributed by atoms with Gasteiger partial charge in [0.1, 0.15) is 0 Å². The lowest BCUT2D eigenvalue weighted by Crippen LogP contribution is -2.27. The van der Waals surface area contributed by atoms with Gasteiger partial charge in [0.15, 0.2) is 0 Å². The highest BCUT2D eigenvalue weighted by molar-refractivity contribution is 6.09. The summed E-state index contributed by atoms with van der Waals surface area (Å²) in [5, 5.41) is 3.19. The Morgan fingerprint density at radius 2 is 2.50 bits per heavy atom. The molecular formula is C8H10N2. The summed E-state index contributed by atoms with van der Waals surface area (Å²) in [6.07, 6.45) is 7.55. The van der Waals surface area contributed by atoms with Gasteiger partial charge in [0.2, 0.25) is 0 Å². The third-order valence-electron chi connectivity index (χ3n) is 1.78. The molecule has 0 spiro atoms. The lowest BCUT2D eigenvalue weighted by atomic mass is 10.0. The Hall–Kier alpha value is -0.890. The second kappa shape index (κ2) is 2.39. The molecule has 10 heavy (non-hydrogen) atoms. The molecule has 0 saturated heterocycles. The van der Waals surface area contributed by atoms with Gasteiger partial charge in [-0.2, -0.15) is 0 Å². The molecule has 0 atom stereocenters. The van der Waals surface area contributed by atoms with Gasteiger partial charge < -0.3 is 0 Å². The van der Waals surface area contributed by atoms with Crippen LogP contribution in [0.2, 0.25) is 0 Å². The van der Waals surface area contributed by atoms with Gasteiger partial charge in [-0.15, -0.1) is 0 Å². The maximum Gasteiger partial charge on any atom is 0.0894 e. The van der Waals surface area contributed by atoms with Gasteiger partial charge in [-0.1, -0.05) is 12.2 Å². The summed E-state index contributed by atoms with van der Waals surface area (Å²) in [4.78, 5) is 4.30. The molecule has 0 bridgehead atoms. The first-order valence-corrected chi connectivity index (χ1v) is 3.58. The Morgan fingerprint density at radius 1 is 1.50 bits per heavy atom. The van der Waals surface area contributed by atoms with Crippen LogP contribution in [0.3, 0.4) is 0 Å². The van der Waals surface area contributed by atoms with E-state index in [0.29, 0.717) is 0 Å². The lowest BCUT2D eigenvalue weighted by Gasteiger charge is -2.16. The maximum absolute atomic E-state index is 4.30. The van der Waals surface area contributed by atoms with Crippen molar-refractivity contribution in [3.05, 3.63) is 23.8 Å². The van der Waals surface area contributed by atoms with Crippen LogP contribution in [0.25, 0.3) is 0 Å². The number of hydrogen-bond donors (Lipinski definition) is 1. The van der Waals surface area contributed by atoms with Crippen LogP contribution >= 0.6 is 0 Å². The van der Waals surface area contributed by atoms with E-state index in [1.807, 2.05) is 0 Å². The largest absolute Gasteiger partial charge is 0.294 e. The predicted octanol–water partition coefficient (Wildman–Crippen LogP) is 0.874. The molecule has 1 aliphatic carbocycles. The van der Waals surface area contributed by atoms with E-state index in [0.717, 1.165) is 19.6 Å². The molecule has 2 heteroatoms. The van der Waals surface area contributed by atoms with Gasteiger partial charge in [0.25, 0.3) is 0 Å². The number of aliphatic imine (C=N–C) groups is 1. The van der Waals surface area contributed by atoms with Crippen molar-refractivity contribution in [3.8, 4) is 0 Å². The number of rotatable bonds is 0. The molecule has 0 aromatic rings. The van der Waals surface area contributed by atoms with E-state index in [4.69, 9.17) is 0 Å². The van der Waals surface area contributed by atoms with Gasteiger partial charge in [0.05, 0.1) is 12.4 Å². The number of nitrogens with one attached hydrogen (secondary N) is 1. The van der Waals surface area contributed by atoms with Gasteiger partial charge >= 0.3 is 0 Å². The molecule has 0 aromatic heterocycles. The van der Waals surface area contributed by atoms with Crippen LogP contribution in [0.5, 0.6) is 0 Å². The fraction of sp³-hybridized carbons (Fsp3) is 0.375. The van der Waals surface area contributed by atoms with Crippen LogP contribution < -0.4 is 5.32 Å². The molecule has 0 saturated carbocycles. The smallest absolute Gasteiger partial charge is 0.0894 e. The van der Waals surface area contributed by atoms with E-state index < -0.39 is 0 Å². The summed E-state index contributed by atoms with van der Waals surface area (Å²) in [5.41, 5.74) is 2.53. The van der Waals surface area contributed by atoms with Crippen molar-refractivity contribution in [2.24, 2.45) is 4.99 Å². The Labute approximate surface area is 60.3 Å². The summed E-state index contributed by atoms with van der Waals surface area (Å²) in [5.74, 6) is 0. The average Bonchev–Trinajstić information content (AvgIpc) is 2.05. The molecule has 1 aliphatic heterocycles. The molecule has 0 fully saturated rings. The third kappa shape index (κ3) is 0.907. The zero-order valence-corrected chi connectivity index (χ0v) is 5.80. The first-order chi connectivity index (χ1) is 4.97. The lowest BCUT2D eigenvalue weighted by molar-refractivity contribution is 0.745. The Balaban J connectivity index is 2.32. The van der Waals surface area contributed by atoms with Crippen LogP contribution in [0.15, 0.2) is 28.8 Å². The monoisotopic (exact) mass is 134 g/mol. The van der Waals surface area contributed by atoms with Gasteiger partial charge in [-0.25, -0.2) is 0 Å². The van der Waals surface area contributed by atoms with E-state index in [2.05, 4.69) is 28.5 Å². The number of fused-ring (bicyclic) bond motifs is 1. The average molecular weight is 134 g/mol. The molecule has 2 rings (SSSR count). The molecular weight excluding hydrogens is 124 g/mol. The van der Waals surface area contributed by atoms with Crippen molar-refractivity contribution >= 4 is 5.71 Å². The molecule has 0 amide bonds. The van der Waals surface area contributed by atoms with E-state index in [-0.39, 0.29) is 0 Å². The second-order valence-corrected chi connectivity index (χ2v) is 2.50. The van der Waals surface area contributed by atoms with Gasteiger partial charge in [-0.05, 0) is 18.1 Å². The highest BCUT2D eigenvalue weighted by atomic mass is 15.0. The Bertz CT molecular complexity index is 223. The normalized spacial score (nSPS) is 23.2. The SMILES string of the molecule is C1=CC2=NCNCC2=CC1. The van der Waals surface area contributed by atoms with Crippen molar-refractivity contribution in [1.29, 1.82) is 0 Å². The molecule has 2 aliphatic rings. The second-order valence-electron chi connectivity index (χ2n) is 2.50. The van der Waals surface area contributed by atoms with Crippen molar-refractivity contribution in [1.82, 2.24) is 5.32 Å². The standard InChI is InChI=1S/C8H10N2/c1-2-4-8-7(3-1)5-9-6-10-8/h2-4,9H,1,5-6H2. The van der Waals surface area contributed by atoms with Gasteiger partial charge in [0, 0.05) is 6.54 Å². The Kier molecular flexibility index (Phi) is 1.40. The van der Waals surface area contributed by atoms with Crippen LogP contribution in [-0.2, 0) is 0 Å². The minimum Gasteiger partial charge on any atom is -0.294 e. The molecule has 1 N–H and O–H groups in total. The van der Waals surface area contributed by atoms with Crippen LogP contribution in [0.4, 0.5) is 0 Å². The zero-order chi connectivity index (χ0) is 6.81. The van der Waals surface area contributed by atoms with Crippen LogP contribution in [0, 0.1) is 0 Å². The zero-order valence-electron chi connectivity index (χ0n) is 5.80. The van der Waals surface area contributed by atoms with E-state index in [1.54, 1.807) is 0 Å². The van der Waals surface area contributed by atoms with E-state index in [9.17, 15) is 0 Å². The third-order valence-corrected chi connectivity index (χ3v) is 1.78. The fourth-order valence-corrected chi connectivity index (χ4v) is 1.25. The summed E-state index contributed by atoms with van der Waals surface area (Å²) in [7, 11) is 0. The fourth-order valence-electron chi connectivity index (χ4n) is 1.25. The summed E-state index contributed by atoms with van der Waals surface area (Å²) in [6, 6.07) is 0. The predicted molar refractivity (Wildman–Crippen MR) is 42.1 cm³/mol. The van der Waals surface area contributed by atoms with E-state index >= 15 is 0 Å². The van der Waals surface area contributed by atoms with Crippen molar-refractivity contribution < 1.29 is 0 Å². The summed E-state index contributed by atoms with van der Waals surface area (Å²) >= 11 is 0. The maximum atomic E-state index is 4.30. The van der Waals surface area contributed by atoms with Crippen molar-refractivity contribution in [2.75, 3.05) is 13.2 Å². The topological polar surface area (TPSA) is 24.4 Å². The molecule has 0 radical (unpaired) electrons. The van der Waals surface area contributed by atoms with Crippen LogP contribution in [-0.4, -0.2) is 18.9 Å². The van der Waals surface area contributed by atoms with Crippen molar-refractivity contribution in [2.45, 2.75) is 6.42 Å². The van der Waals surface area contributed by atoms with E-state index in [1.165, 1.54) is 11.3 Å². The van der Waals surface area contributed by atoms with Crippen molar-refractivity contribution in [3.63, 3.8) is 0 Å². The highest BCUT2D eigenvalue weighted by Crippen LogP contribution is 2.10. The highest BCUT2D eigenvalue weighted by Gasteiger charge is 2.09.